The second kappa shape index (κ2) is 4.94. The zero-order valence-corrected chi connectivity index (χ0v) is 10.1. The highest BCUT2D eigenvalue weighted by Crippen LogP contribution is 2.24. The summed E-state index contributed by atoms with van der Waals surface area (Å²) in [5, 5.41) is 18.9. The molecule has 1 aromatic rings. The number of hydrogen-bond acceptors (Lipinski definition) is 4. The molecule has 0 radical (unpaired) electrons. The van der Waals surface area contributed by atoms with Gasteiger partial charge in [0, 0.05) is 13.1 Å². The van der Waals surface area contributed by atoms with Gasteiger partial charge in [-0.2, -0.15) is 0 Å². The van der Waals surface area contributed by atoms with Gasteiger partial charge < -0.3 is 15.9 Å². The quantitative estimate of drug-likeness (QED) is 0.544. The second-order valence-corrected chi connectivity index (χ2v) is 4.92. The lowest BCUT2D eigenvalue weighted by Crippen LogP contribution is -2.23. The van der Waals surface area contributed by atoms with E-state index in [1.807, 2.05) is 19.1 Å². The van der Waals surface area contributed by atoms with E-state index in [1.165, 1.54) is 0 Å². The predicted octanol–water partition coefficient (Wildman–Crippen LogP) is 1.18. The van der Waals surface area contributed by atoms with Gasteiger partial charge in [0.1, 0.15) is 5.75 Å². The van der Waals surface area contributed by atoms with E-state index in [0.29, 0.717) is 11.6 Å². The number of aliphatic hydroxyl groups is 1. The number of nitrogens with two attached hydrogens (primary N) is 1. The maximum Gasteiger partial charge on any atom is 0.138 e. The summed E-state index contributed by atoms with van der Waals surface area (Å²) >= 11 is 0. The highest BCUT2D eigenvalue weighted by atomic mass is 16.3. The smallest absolute Gasteiger partial charge is 0.138 e. The minimum Gasteiger partial charge on any atom is -0.506 e. The van der Waals surface area contributed by atoms with Crippen molar-refractivity contribution >= 4 is 5.69 Å². The van der Waals surface area contributed by atoms with Crippen LogP contribution in [0.2, 0.25) is 0 Å². The van der Waals surface area contributed by atoms with E-state index in [4.69, 9.17) is 5.73 Å². The van der Waals surface area contributed by atoms with Crippen LogP contribution in [0.25, 0.3) is 0 Å². The summed E-state index contributed by atoms with van der Waals surface area (Å²) in [5.74, 6) is 0.515. The molecule has 17 heavy (non-hydrogen) atoms. The molecule has 0 bridgehead atoms. The van der Waals surface area contributed by atoms with E-state index < -0.39 is 0 Å². The van der Waals surface area contributed by atoms with Crippen LogP contribution < -0.4 is 5.73 Å². The zero-order chi connectivity index (χ0) is 12.4. The first-order valence-corrected chi connectivity index (χ1v) is 6.04. The van der Waals surface area contributed by atoms with Gasteiger partial charge in [0.2, 0.25) is 0 Å². The van der Waals surface area contributed by atoms with Crippen molar-refractivity contribution in [3.8, 4) is 5.75 Å². The number of nitrogens with zero attached hydrogens (tertiary/aromatic N) is 1. The Balaban J connectivity index is 1.96. The Morgan fingerprint density at radius 2 is 2.29 bits per heavy atom. The summed E-state index contributed by atoms with van der Waals surface area (Å²) in [6.07, 6.45) is 0.815. The zero-order valence-electron chi connectivity index (χ0n) is 10.1. The summed E-state index contributed by atoms with van der Waals surface area (Å²) in [6.45, 7) is 4.62. The van der Waals surface area contributed by atoms with Crippen LogP contribution >= 0.6 is 0 Å². The van der Waals surface area contributed by atoms with Gasteiger partial charge in [-0.15, -0.1) is 0 Å². The summed E-state index contributed by atoms with van der Waals surface area (Å²) in [5.41, 5.74) is 7.19. The molecule has 0 spiro atoms. The highest BCUT2D eigenvalue weighted by molar-refractivity contribution is 5.53. The van der Waals surface area contributed by atoms with Gasteiger partial charge >= 0.3 is 0 Å². The largest absolute Gasteiger partial charge is 0.506 e. The van der Waals surface area contributed by atoms with Crippen LogP contribution in [0.5, 0.6) is 5.75 Å². The van der Waals surface area contributed by atoms with E-state index in [1.54, 1.807) is 6.07 Å². The van der Waals surface area contributed by atoms with Crippen molar-refractivity contribution in [2.24, 2.45) is 5.92 Å². The van der Waals surface area contributed by atoms with Crippen LogP contribution in [0.15, 0.2) is 18.2 Å². The second-order valence-electron chi connectivity index (χ2n) is 4.92. The number of nitrogen functional groups attached to an aromatic ring is 1. The number of aromatic hydroxyl groups is 1. The monoisotopic (exact) mass is 236 g/mol. The van der Waals surface area contributed by atoms with Gasteiger partial charge in [0.05, 0.1) is 11.8 Å². The number of rotatable bonds is 3. The maximum atomic E-state index is 9.54. The Morgan fingerprint density at radius 1 is 1.53 bits per heavy atom. The fourth-order valence-electron chi connectivity index (χ4n) is 2.36. The van der Waals surface area contributed by atoms with Gasteiger partial charge in [-0.1, -0.05) is 6.07 Å². The normalized spacial score (nSPS) is 22.8. The fourth-order valence-corrected chi connectivity index (χ4v) is 2.36. The van der Waals surface area contributed by atoms with Gasteiger partial charge in [-0.05, 0) is 43.5 Å². The van der Waals surface area contributed by atoms with Crippen molar-refractivity contribution in [2.45, 2.75) is 26.0 Å². The number of phenolic OH excluding ortho intramolecular Hbond substituents is 1. The van der Waals surface area contributed by atoms with E-state index in [0.717, 1.165) is 31.6 Å². The third kappa shape index (κ3) is 2.90. The Hall–Kier alpha value is -1.26. The Kier molecular flexibility index (Phi) is 3.54. The molecule has 1 fully saturated rings. The lowest BCUT2D eigenvalue weighted by molar-refractivity contribution is 0.127. The number of aliphatic hydroxyl groups excluding tert-OH is 1. The molecular formula is C13H20N2O2. The molecular weight excluding hydrogens is 216 g/mol. The van der Waals surface area contributed by atoms with E-state index in [9.17, 15) is 10.2 Å². The number of benzene rings is 1. The van der Waals surface area contributed by atoms with Gasteiger partial charge in [-0.25, -0.2) is 0 Å². The van der Waals surface area contributed by atoms with Crippen molar-refractivity contribution in [2.75, 3.05) is 18.8 Å². The van der Waals surface area contributed by atoms with Crippen molar-refractivity contribution in [3.63, 3.8) is 0 Å². The number of anilines is 1. The first-order chi connectivity index (χ1) is 8.06. The Morgan fingerprint density at radius 3 is 2.88 bits per heavy atom. The number of phenols is 1. The SMILES string of the molecule is CC(O)C1CCN(Cc2ccc(O)c(N)c2)C1. The average Bonchev–Trinajstić information content (AvgIpc) is 2.72. The standard InChI is InChI=1S/C13H20N2O2/c1-9(16)11-4-5-15(8-11)7-10-2-3-13(17)12(14)6-10/h2-3,6,9,11,16-17H,4-5,7-8,14H2,1H3. The van der Waals surface area contributed by atoms with Crippen LogP contribution in [-0.2, 0) is 6.54 Å². The van der Waals surface area contributed by atoms with Crippen LogP contribution in [0, 0.1) is 5.92 Å². The molecule has 4 heteroatoms. The summed E-state index contributed by atoms with van der Waals surface area (Å²) in [6, 6.07) is 5.33. The lowest BCUT2D eigenvalue weighted by atomic mass is 10.0. The molecule has 2 unspecified atom stereocenters. The molecule has 0 aliphatic carbocycles. The summed E-state index contributed by atoms with van der Waals surface area (Å²) in [4.78, 5) is 2.31. The molecule has 0 amide bonds. The first kappa shape index (κ1) is 12.2. The van der Waals surface area contributed by atoms with E-state index >= 15 is 0 Å². The fraction of sp³-hybridized carbons (Fsp3) is 0.538. The van der Waals surface area contributed by atoms with Crippen molar-refractivity contribution in [3.05, 3.63) is 23.8 Å². The maximum absolute atomic E-state index is 9.54. The van der Waals surface area contributed by atoms with Crippen molar-refractivity contribution in [1.29, 1.82) is 0 Å². The molecule has 1 aliphatic heterocycles. The molecule has 1 aromatic carbocycles. The van der Waals surface area contributed by atoms with Crippen LogP contribution in [0.3, 0.4) is 0 Å². The number of hydrogen-bond donors (Lipinski definition) is 3. The molecule has 1 aliphatic rings. The predicted molar refractivity (Wildman–Crippen MR) is 67.6 cm³/mol. The van der Waals surface area contributed by atoms with Crippen LogP contribution in [-0.4, -0.2) is 34.3 Å². The molecule has 2 rings (SSSR count). The summed E-state index contributed by atoms with van der Waals surface area (Å²) < 4.78 is 0. The summed E-state index contributed by atoms with van der Waals surface area (Å²) in [7, 11) is 0. The van der Waals surface area contributed by atoms with Crippen molar-refractivity contribution in [1.82, 2.24) is 4.90 Å². The molecule has 0 saturated carbocycles. The molecule has 4 N–H and O–H groups in total. The number of likely N-dealkylation sites (tertiary alicyclic amines) is 1. The molecule has 1 heterocycles. The van der Waals surface area contributed by atoms with E-state index in [-0.39, 0.29) is 11.9 Å². The molecule has 1 saturated heterocycles. The third-order valence-electron chi connectivity index (χ3n) is 3.49. The molecule has 94 valence electrons. The topological polar surface area (TPSA) is 69.7 Å². The average molecular weight is 236 g/mol. The Bertz CT molecular complexity index is 393. The minimum atomic E-state index is -0.232. The van der Waals surface area contributed by atoms with Crippen LogP contribution in [0.1, 0.15) is 18.9 Å². The first-order valence-electron chi connectivity index (χ1n) is 6.04. The Labute approximate surface area is 102 Å². The van der Waals surface area contributed by atoms with Gasteiger partial charge in [-0.3, -0.25) is 4.90 Å². The third-order valence-corrected chi connectivity index (χ3v) is 3.49. The molecule has 4 nitrogen and oxygen atoms in total. The minimum absolute atomic E-state index is 0.136. The molecule has 0 aromatic heterocycles. The lowest BCUT2D eigenvalue weighted by Gasteiger charge is -2.17. The van der Waals surface area contributed by atoms with Gasteiger partial charge in [0.15, 0.2) is 0 Å². The van der Waals surface area contributed by atoms with Gasteiger partial charge in [0.25, 0.3) is 0 Å². The van der Waals surface area contributed by atoms with Crippen molar-refractivity contribution < 1.29 is 10.2 Å². The van der Waals surface area contributed by atoms with E-state index in [2.05, 4.69) is 4.90 Å². The molecule has 2 atom stereocenters. The van der Waals surface area contributed by atoms with Crippen LogP contribution in [0.4, 0.5) is 5.69 Å². The highest BCUT2D eigenvalue weighted by Gasteiger charge is 2.25.